The minimum atomic E-state index is -1.40. The predicted octanol–water partition coefficient (Wildman–Crippen LogP) is 5.60. The van der Waals surface area contributed by atoms with Crippen LogP contribution in [0.15, 0.2) is 36.4 Å². The average molecular weight is 561 g/mol. The van der Waals surface area contributed by atoms with Crippen molar-refractivity contribution in [2.24, 2.45) is 0 Å². The van der Waals surface area contributed by atoms with Crippen molar-refractivity contribution in [2.75, 3.05) is 41.7 Å². The fourth-order valence-electron chi connectivity index (χ4n) is 3.80. The molecule has 2 heterocycles. The van der Waals surface area contributed by atoms with Crippen molar-refractivity contribution in [3.63, 3.8) is 0 Å². The summed E-state index contributed by atoms with van der Waals surface area (Å²) in [6.07, 6.45) is 9.92. The summed E-state index contributed by atoms with van der Waals surface area (Å²) in [6.45, 7) is 8.60. The second-order valence-electron chi connectivity index (χ2n) is 10.7. The summed E-state index contributed by atoms with van der Waals surface area (Å²) in [5.74, 6) is -0.501. The van der Waals surface area contributed by atoms with E-state index in [0.717, 1.165) is 22.4 Å². The van der Waals surface area contributed by atoms with E-state index in [1.165, 1.54) is 0 Å². The zero-order valence-corrected chi connectivity index (χ0v) is 24.4. The summed E-state index contributed by atoms with van der Waals surface area (Å²) in [4.78, 5) is 34.2. The number of hydrogen-bond acceptors (Lipinski definition) is 9. The number of nitrogens with two attached hydrogens (primary N) is 1. The molecule has 1 aromatic heterocycles. The maximum Gasteiger partial charge on any atom is 0.415 e. The Morgan fingerprint density at radius 2 is 1.97 bits per heavy atom. The normalized spacial score (nSPS) is 17.8. The molecule has 3 N–H and O–H groups in total. The van der Waals surface area contributed by atoms with Gasteiger partial charge >= 0.3 is 11.8 Å². The molecule has 4 bridgehead atoms. The second-order valence-corrected chi connectivity index (χ2v) is 14.6. The van der Waals surface area contributed by atoms with E-state index in [4.69, 9.17) is 14.7 Å². The van der Waals surface area contributed by atoms with Gasteiger partial charge in [0.2, 0.25) is 17.6 Å². The molecule has 0 spiro atoms. The van der Waals surface area contributed by atoms with Crippen LogP contribution in [-0.2, 0) is 21.9 Å². The molecule has 1 unspecified atom stereocenters. The highest BCUT2D eigenvalue weighted by Crippen LogP contribution is 2.53. The molecule has 214 valence electrons. The van der Waals surface area contributed by atoms with Crippen LogP contribution >= 0.6 is 10.3 Å². The molecule has 12 heteroatoms. The molecule has 39 heavy (non-hydrogen) atoms. The predicted molar refractivity (Wildman–Crippen MR) is 157 cm³/mol. The second kappa shape index (κ2) is 12.6. The number of rotatable bonds is 5. The van der Waals surface area contributed by atoms with E-state index in [0.29, 0.717) is 19.4 Å². The van der Waals surface area contributed by atoms with E-state index in [-0.39, 0.29) is 41.5 Å². The fourth-order valence-corrected chi connectivity index (χ4v) is 4.65. The molecule has 2 aromatic rings. The van der Waals surface area contributed by atoms with E-state index in [2.05, 4.69) is 60.7 Å². The van der Waals surface area contributed by atoms with Crippen molar-refractivity contribution in [3.8, 4) is 0 Å². The Bertz CT molecular complexity index is 1210. The number of ether oxygens (including phenoxy) is 1. The van der Waals surface area contributed by atoms with Crippen LogP contribution in [0.4, 0.5) is 28.1 Å². The maximum atomic E-state index is 13.1. The van der Waals surface area contributed by atoms with Gasteiger partial charge in [-0.25, -0.2) is 4.79 Å². The van der Waals surface area contributed by atoms with E-state index in [1.54, 1.807) is 6.92 Å². The number of carbonyl (C=O) groups excluding carboxylic acids is 1. The molecule has 0 aliphatic carbocycles. The Morgan fingerprint density at radius 1 is 1.26 bits per heavy atom. The summed E-state index contributed by atoms with van der Waals surface area (Å²) >= 11 is 0. The molecular weight excluding hydrogens is 520 g/mol. The number of hydrogen-bond donors (Lipinski definition) is 2. The molecule has 1 aromatic carbocycles. The van der Waals surface area contributed by atoms with Crippen molar-refractivity contribution in [1.29, 1.82) is 0 Å². The van der Waals surface area contributed by atoms with Gasteiger partial charge in [-0.05, 0) is 49.8 Å². The molecule has 1 atom stereocenters. The zero-order valence-electron chi connectivity index (χ0n) is 23.6. The number of nitrogen functional groups attached to an aromatic ring is 1. The Labute approximate surface area is 231 Å². The van der Waals surface area contributed by atoms with Crippen molar-refractivity contribution in [2.45, 2.75) is 64.3 Å². The van der Waals surface area contributed by atoms with E-state index >= 15 is 0 Å². The van der Waals surface area contributed by atoms with Gasteiger partial charge in [-0.15, -0.1) is 10.3 Å². The number of aromatic nitrogens is 2. The first-order valence-electron chi connectivity index (χ1n) is 12.9. The van der Waals surface area contributed by atoms with Gasteiger partial charge in [0, 0.05) is 4.75 Å². The van der Waals surface area contributed by atoms with Gasteiger partial charge in [-0.3, -0.25) is 15.0 Å². The number of anilines is 3. The Balaban J connectivity index is 2.10. The molecular formula is C27H40N6O5S. The summed E-state index contributed by atoms with van der Waals surface area (Å²) in [7, 11) is -1.40. The van der Waals surface area contributed by atoms with Crippen LogP contribution in [0, 0.1) is 10.1 Å². The first-order chi connectivity index (χ1) is 18.3. The molecule has 11 nitrogen and oxygen atoms in total. The van der Waals surface area contributed by atoms with Crippen LogP contribution in [-0.4, -0.2) is 57.5 Å². The highest BCUT2D eigenvalue weighted by atomic mass is 32.3. The van der Waals surface area contributed by atoms with Crippen molar-refractivity contribution < 1.29 is 18.6 Å². The third-order valence-corrected chi connectivity index (χ3v) is 10.4. The summed E-state index contributed by atoms with van der Waals surface area (Å²) in [6, 6.07) is 7.49. The molecule has 1 aliphatic rings. The summed E-state index contributed by atoms with van der Waals surface area (Å²) < 4.78 is 11.7. The number of benzene rings is 1. The molecule has 0 fully saturated rings. The number of nitrogens with zero attached hydrogens (tertiary/aromatic N) is 4. The van der Waals surface area contributed by atoms with Gasteiger partial charge in [0.15, 0.2) is 0 Å². The van der Waals surface area contributed by atoms with Crippen molar-refractivity contribution in [3.05, 3.63) is 57.7 Å². The highest BCUT2D eigenvalue weighted by molar-refractivity contribution is 8.29. The monoisotopic (exact) mass is 560 g/mol. The fraction of sp³-hybridized carbons (Fsp3) is 0.519. The first kappa shape index (κ1) is 30.2. The number of nitrogens with one attached hydrogen (secondary N) is 1. The Morgan fingerprint density at radius 3 is 2.64 bits per heavy atom. The lowest BCUT2D eigenvalue weighted by Crippen LogP contribution is -2.34. The number of carbonyl (C=O) groups is 1. The smallest absolute Gasteiger partial charge is 0.415 e. The van der Waals surface area contributed by atoms with Crippen LogP contribution < -0.4 is 16.0 Å². The summed E-state index contributed by atoms with van der Waals surface area (Å²) in [5.41, 5.74) is 7.35. The minimum Gasteiger partial charge on any atom is -0.449 e. The average Bonchev–Trinajstić information content (AvgIpc) is 2.84. The topological polar surface area (TPSA) is 146 Å². The van der Waals surface area contributed by atoms with Crippen molar-refractivity contribution >= 4 is 39.7 Å². The van der Waals surface area contributed by atoms with Gasteiger partial charge in [-0.2, -0.15) is 9.97 Å². The number of allylic oxidation sites excluding steroid dienone is 2. The lowest BCUT2D eigenvalue weighted by Gasteiger charge is -2.44. The lowest BCUT2D eigenvalue weighted by atomic mass is 10.1. The largest absolute Gasteiger partial charge is 0.449 e. The number of amides is 1. The van der Waals surface area contributed by atoms with E-state index in [1.807, 2.05) is 24.3 Å². The van der Waals surface area contributed by atoms with Crippen LogP contribution in [0.25, 0.3) is 0 Å². The van der Waals surface area contributed by atoms with Gasteiger partial charge in [0.1, 0.15) is 0 Å². The van der Waals surface area contributed by atoms with Crippen molar-refractivity contribution in [1.82, 2.24) is 9.97 Å². The molecule has 0 saturated carbocycles. The minimum absolute atomic E-state index is 0.00277. The van der Waals surface area contributed by atoms with E-state index in [9.17, 15) is 14.9 Å². The molecule has 1 amide bonds. The Hall–Kier alpha value is -3.38. The van der Waals surface area contributed by atoms with Crippen LogP contribution in [0.3, 0.4) is 0 Å². The van der Waals surface area contributed by atoms with Gasteiger partial charge in [0.25, 0.3) is 0 Å². The maximum absolute atomic E-state index is 13.1. The molecule has 3 rings (SSSR count). The standard InChI is InChI=1S/C27H40N6O5S/c1-7-37-26(34)32-17-20-14-11-13-19(16-20)12-9-8-10-15-21(18-38-39(5,6)27(2,3)4)29-25-30-23(28)22(33(35)36)24(32)31-25/h8-9,11,13-14,16,21H,7,10,12,15,17-18H2,1-6H3,(H3,28,29,30,31)/b9-8+. The molecule has 0 radical (unpaired) electrons. The van der Waals surface area contributed by atoms with Crippen LogP contribution in [0.5, 0.6) is 0 Å². The zero-order chi connectivity index (χ0) is 28.8. The molecule has 0 saturated heterocycles. The van der Waals surface area contributed by atoms with Gasteiger partial charge in [-0.1, -0.05) is 57.2 Å². The quantitative estimate of drug-likeness (QED) is 0.271. The number of nitro groups is 1. The van der Waals surface area contributed by atoms with Crippen LogP contribution in [0.1, 0.15) is 51.7 Å². The molecule has 1 aliphatic heterocycles. The SMILES string of the molecule is CCOC(=O)N1Cc2cccc(c2)C/C=C/CCC(COS(C)(C)C(C)(C)C)Nc2nc(N)c([N+](=O)[O-])c1n2. The third-order valence-electron chi connectivity index (χ3n) is 6.72. The lowest BCUT2D eigenvalue weighted by molar-refractivity contribution is -0.383. The summed E-state index contributed by atoms with van der Waals surface area (Å²) in [5, 5.41) is 15.3. The van der Waals surface area contributed by atoms with E-state index < -0.39 is 27.0 Å². The Kier molecular flexibility index (Phi) is 9.78. The van der Waals surface area contributed by atoms with Gasteiger partial charge in [0.05, 0.1) is 30.7 Å². The number of fused-ring (bicyclic) bond motifs is 4. The third kappa shape index (κ3) is 7.82. The van der Waals surface area contributed by atoms with Gasteiger partial charge < -0.3 is 20.0 Å². The highest BCUT2D eigenvalue weighted by Gasteiger charge is 2.33. The van der Waals surface area contributed by atoms with Crippen LogP contribution in [0.2, 0.25) is 0 Å². The first-order valence-corrected chi connectivity index (χ1v) is 15.3.